The van der Waals surface area contributed by atoms with Gasteiger partial charge in [-0.3, -0.25) is 9.79 Å². The molecule has 3 nitrogen and oxygen atoms in total. The third-order valence-corrected chi connectivity index (χ3v) is 5.26. The fourth-order valence-corrected chi connectivity index (χ4v) is 3.70. The highest BCUT2D eigenvalue weighted by Crippen LogP contribution is 2.34. The molecule has 0 bridgehead atoms. The minimum atomic E-state index is -0.383. The zero-order chi connectivity index (χ0) is 19.1. The molecule has 0 saturated carbocycles. The molecule has 3 aromatic rings. The number of nitrogens with zero attached hydrogens (tertiary/aromatic N) is 2. The maximum atomic E-state index is 13.5. The Labute approximate surface area is 161 Å². The first-order valence-electron chi connectivity index (χ1n) is 8.81. The number of hydrogen-bond acceptors (Lipinski definition) is 2. The number of benzene rings is 2. The predicted molar refractivity (Wildman–Crippen MR) is 107 cm³/mol. The van der Waals surface area contributed by atoms with E-state index < -0.39 is 0 Å². The molecular formula is C22H18ClFN2O. The first kappa shape index (κ1) is 17.7. The van der Waals surface area contributed by atoms with E-state index in [1.165, 1.54) is 17.7 Å². The molecule has 0 N–H and O–H groups in total. The Hall–Kier alpha value is -2.72. The summed E-state index contributed by atoms with van der Waals surface area (Å²) in [5.41, 5.74) is 6.32. The summed E-state index contributed by atoms with van der Waals surface area (Å²) in [4.78, 5) is 16.9. The molecule has 2 aromatic carbocycles. The van der Waals surface area contributed by atoms with E-state index in [-0.39, 0.29) is 11.4 Å². The van der Waals surface area contributed by atoms with Gasteiger partial charge in [-0.25, -0.2) is 4.39 Å². The van der Waals surface area contributed by atoms with Crippen LogP contribution < -0.4 is 5.56 Å². The largest absolute Gasteiger partial charge is 0.318 e. The Kier molecular flexibility index (Phi) is 4.44. The monoisotopic (exact) mass is 380 g/mol. The Morgan fingerprint density at radius 1 is 1.07 bits per heavy atom. The molecule has 1 aromatic heterocycles. The number of pyridine rings is 1. The number of aromatic nitrogens is 1. The summed E-state index contributed by atoms with van der Waals surface area (Å²) in [5.74, 6) is -0.383. The third-order valence-electron chi connectivity index (χ3n) is 4.95. The molecule has 0 saturated heterocycles. The minimum absolute atomic E-state index is 0.0691. The van der Waals surface area contributed by atoms with Crippen LogP contribution in [0.4, 0.5) is 4.39 Å². The quantitative estimate of drug-likeness (QED) is 0.631. The van der Waals surface area contributed by atoms with E-state index in [1.54, 1.807) is 23.7 Å². The van der Waals surface area contributed by atoms with Crippen LogP contribution in [-0.4, -0.2) is 10.3 Å². The normalized spacial score (nSPS) is 12.8. The van der Waals surface area contributed by atoms with Crippen molar-refractivity contribution in [1.29, 1.82) is 0 Å². The lowest BCUT2D eigenvalue weighted by atomic mass is 9.91. The Morgan fingerprint density at radius 3 is 2.59 bits per heavy atom. The van der Waals surface area contributed by atoms with Crippen molar-refractivity contribution in [2.45, 2.75) is 19.9 Å². The molecule has 0 amide bonds. The van der Waals surface area contributed by atoms with Gasteiger partial charge in [-0.05, 0) is 41.3 Å². The Balaban J connectivity index is 2.02. The van der Waals surface area contributed by atoms with Crippen LogP contribution in [0.15, 0.2) is 58.4 Å². The second-order valence-electron chi connectivity index (χ2n) is 6.68. The van der Waals surface area contributed by atoms with Gasteiger partial charge in [0.25, 0.3) is 5.56 Å². The Bertz CT molecular complexity index is 1150. The van der Waals surface area contributed by atoms with Gasteiger partial charge in [0.15, 0.2) is 0 Å². The number of fused-ring (bicyclic) bond motifs is 3. The van der Waals surface area contributed by atoms with Crippen LogP contribution in [0.25, 0.3) is 11.1 Å². The van der Waals surface area contributed by atoms with Gasteiger partial charge in [-0.2, -0.15) is 0 Å². The predicted octanol–water partition coefficient (Wildman–Crippen LogP) is 4.76. The van der Waals surface area contributed by atoms with Gasteiger partial charge in [-0.15, -0.1) is 0 Å². The molecule has 0 unspecified atom stereocenters. The van der Waals surface area contributed by atoms with Crippen molar-refractivity contribution in [3.8, 4) is 11.1 Å². The maximum absolute atomic E-state index is 13.5. The van der Waals surface area contributed by atoms with E-state index in [2.05, 4.69) is 19.1 Å². The van der Waals surface area contributed by atoms with Crippen LogP contribution in [0.2, 0.25) is 5.02 Å². The van der Waals surface area contributed by atoms with Crippen LogP contribution >= 0.6 is 11.6 Å². The second kappa shape index (κ2) is 6.78. The van der Waals surface area contributed by atoms with Crippen molar-refractivity contribution in [2.75, 3.05) is 0 Å². The van der Waals surface area contributed by atoms with E-state index >= 15 is 0 Å². The van der Waals surface area contributed by atoms with Gasteiger partial charge < -0.3 is 4.57 Å². The third kappa shape index (κ3) is 3.10. The van der Waals surface area contributed by atoms with E-state index in [4.69, 9.17) is 16.6 Å². The Morgan fingerprint density at radius 2 is 1.85 bits per heavy atom. The molecule has 5 heteroatoms. The molecular weight excluding hydrogens is 363 g/mol. The van der Waals surface area contributed by atoms with Gasteiger partial charge in [-0.1, -0.05) is 36.7 Å². The van der Waals surface area contributed by atoms with Gasteiger partial charge in [0.2, 0.25) is 0 Å². The lowest BCUT2D eigenvalue weighted by molar-refractivity contribution is 0.628. The number of aliphatic imine (C=N–C) groups is 1. The molecule has 2 heterocycles. The van der Waals surface area contributed by atoms with Gasteiger partial charge >= 0.3 is 0 Å². The van der Waals surface area contributed by atoms with Crippen molar-refractivity contribution in [1.82, 2.24) is 4.57 Å². The summed E-state index contributed by atoms with van der Waals surface area (Å²) in [6.07, 6.45) is 2.76. The first-order valence-corrected chi connectivity index (χ1v) is 9.19. The van der Waals surface area contributed by atoms with Crippen LogP contribution in [0.1, 0.15) is 29.2 Å². The maximum Gasteiger partial charge on any atom is 0.250 e. The molecule has 0 aliphatic carbocycles. The highest BCUT2D eigenvalue weighted by atomic mass is 35.5. The summed E-state index contributed by atoms with van der Waals surface area (Å²) in [5, 5.41) is 0.320. The molecule has 0 spiro atoms. The SMILES string of the molecule is CCc1ccc2c(c1)-c1cn(C)c(=O)cc1CN=C2c1ccc(F)cc1Cl. The number of hydrogen-bond donors (Lipinski definition) is 0. The number of halogens is 2. The van der Waals surface area contributed by atoms with Crippen molar-refractivity contribution >= 4 is 17.3 Å². The first-order chi connectivity index (χ1) is 13.0. The van der Waals surface area contributed by atoms with Crippen molar-refractivity contribution in [3.63, 3.8) is 0 Å². The fraction of sp³-hybridized carbons (Fsp3) is 0.182. The summed E-state index contributed by atoms with van der Waals surface area (Å²) in [6.45, 7) is 2.47. The summed E-state index contributed by atoms with van der Waals surface area (Å²) in [7, 11) is 1.75. The van der Waals surface area contributed by atoms with E-state index in [0.717, 1.165) is 28.7 Å². The van der Waals surface area contributed by atoms with Crippen LogP contribution in [-0.2, 0) is 20.0 Å². The topological polar surface area (TPSA) is 34.4 Å². The summed E-state index contributed by atoms with van der Waals surface area (Å²) >= 11 is 6.33. The molecule has 1 aliphatic heterocycles. The molecule has 27 heavy (non-hydrogen) atoms. The van der Waals surface area contributed by atoms with E-state index in [0.29, 0.717) is 22.8 Å². The molecule has 0 fully saturated rings. The lowest BCUT2D eigenvalue weighted by Gasteiger charge is -2.14. The van der Waals surface area contributed by atoms with Gasteiger partial charge in [0.1, 0.15) is 5.82 Å². The van der Waals surface area contributed by atoms with E-state index in [1.807, 2.05) is 12.3 Å². The van der Waals surface area contributed by atoms with E-state index in [9.17, 15) is 9.18 Å². The van der Waals surface area contributed by atoms with Crippen molar-refractivity contribution < 1.29 is 4.39 Å². The zero-order valence-corrected chi connectivity index (χ0v) is 15.8. The molecule has 0 radical (unpaired) electrons. The van der Waals surface area contributed by atoms with Crippen LogP contribution in [0.5, 0.6) is 0 Å². The van der Waals surface area contributed by atoms with Crippen LogP contribution in [0, 0.1) is 5.82 Å². The second-order valence-corrected chi connectivity index (χ2v) is 7.09. The summed E-state index contributed by atoms with van der Waals surface area (Å²) < 4.78 is 15.1. The highest BCUT2D eigenvalue weighted by Gasteiger charge is 2.21. The van der Waals surface area contributed by atoms with Crippen molar-refractivity contribution in [2.24, 2.45) is 12.0 Å². The molecule has 1 aliphatic rings. The smallest absolute Gasteiger partial charge is 0.250 e. The average Bonchev–Trinajstić information content (AvgIpc) is 2.79. The number of aryl methyl sites for hydroxylation is 2. The fourth-order valence-electron chi connectivity index (χ4n) is 3.44. The standard InChI is InChI=1S/C22H18ClFN2O/c1-3-13-4-6-16-18(8-13)19-12-26(2)21(27)9-14(19)11-25-22(16)17-7-5-15(24)10-20(17)23/h4-10,12H,3,11H2,1-2H3. The summed E-state index contributed by atoms with van der Waals surface area (Å²) in [6, 6.07) is 12.2. The van der Waals surface area contributed by atoms with Gasteiger partial charge in [0.05, 0.1) is 17.3 Å². The molecule has 0 atom stereocenters. The lowest BCUT2D eigenvalue weighted by Crippen LogP contribution is -2.16. The highest BCUT2D eigenvalue weighted by molar-refractivity contribution is 6.36. The molecule has 4 rings (SSSR count). The zero-order valence-electron chi connectivity index (χ0n) is 15.1. The van der Waals surface area contributed by atoms with Crippen LogP contribution in [0.3, 0.4) is 0 Å². The average molecular weight is 381 g/mol. The minimum Gasteiger partial charge on any atom is -0.318 e. The van der Waals surface area contributed by atoms with Crippen molar-refractivity contribution in [3.05, 3.63) is 92.1 Å². The molecule has 136 valence electrons. The van der Waals surface area contributed by atoms with Gasteiger partial charge in [0, 0.05) is 36.0 Å². The number of rotatable bonds is 2.